The van der Waals surface area contributed by atoms with E-state index in [0.29, 0.717) is 32.2 Å². The van der Waals surface area contributed by atoms with Gasteiger partial charge < -0.3 is 5.32 Å². The summed E-state index contributed by atoms with van der Waals surface area (Å²) in [6, 6.07) is 5.50. The summed E-state index contributed by atoms with van der Waals surface area (Å²) < 4.78 is 54.2. The van der Waals surface area contributed by atoms with Crippen molar-refractivity contribution in [3.63, 3.8) is 0 Å². The van der Waals surface area contributed by atoms with Gasteiger partial charge in [0.2, 0.25) is 26.0 Å². The van der Waals surface area contributed by atoms with Crippen molar-refractivity contribution in [2.45, 2.75) is 54.5 Å². The number of piperazine rings is 1. The second-order valence-electron chi connectivity index (χ2n) is 8.48. The van der Waals surface area contributed by atoms with Crippen molar-refractivity contribution < 1.29 is 21.6 Å². The van der Waals surface area contributed by atoms with Crippen molar-refractivity contribution in [2.24, 2.45) is 0 Å². The van der Waals surface area contributed by atoms with Gasteiger partial charge in [-0.2, -0.15) is 8.61 Å². The molecule has 1 aliphatic carbocycles. The minimum atomic E-state index is -3.72. The third-order valence-electron chi connectivity index (χ3n) is 6.29. The van der Waals surface area contributed by atoms with Gasteiger partial charge in [0, 0.05) is 45.3 Å². The van der Waals surface area contributed by atoms with E-state index < -0.39 is 20.0 Å². The lowest BCUT2D eigenvalue weighted by Gasteiger charge is -2.36. The highest BCUT2D eigenvalue weighted by atomic mass is 32.2. The van der Waals surface area contributed by atoms with Crippen LogP contribution in [0.1, 0.15) is 32.6 Å². The number of nitrogens with one attached hydrogen (secondary N) is 1. The zero-order valence-corrected chi connectivity index (χ0v) is 19.4. The molecule has 1 amide bonds. The molecule has 1 atom stereocenters. The normalized spacial score (nSPS) is 23.0. The maximum atomic E-state index is 13.0. The van der Waals surface area contributed by atoms with Gasteiger partial charge in [0.05, 0.1) is 15.8 Å². The number of amides is 1. The zero-order valence-electron chi connectivity index (χ0n) is 17.7. The summed E-state index contributed by atoms with van der Waals surface area (Å²) in [6.45, 7) is 4.38. The van der Waals surface area contributed by atoms with E-state index >= 15 is 0 Å². The van der Waals surface area contributed by atoms with Crippen molar-refractivity contribution >= 4 is 26.0 Å². The van der Waals surface area contributed by atoms with Crippen LogP contribution in [0, 0.1) is 0 Å². The van der Waals surface area contributed by atoms with E-state index in [-0.39, 0.29) is 34.8 Å². The second kappa shape index (κ2) is 8.78. The first kappa shape index (κ1) is 22.7. The van der Waals surface area contributed by atoms with Gasteiger partial charge in [-0.05, 0) is 56.9 Å². The SMILES string of the molecule is CC(C(=O)NC1CC1)N1CCN(S(=O)(=O)c2ccc(S(=O)(=O)N3CCCC3)cc2)CC1. The monoisotopic (exact) mass is 470 g/mol. The summed E-state index contributed by atoms with van der Waals surface area (Å²) in [5, 5.41) is 2.99. The van der Waals surface area contributed by atoms with E-state index in [4.69, 9.17) is 0 Å². The summed E-state index contributed by atoms with van der Waals surface area (Å²) in [4.78, 5) is 14.5. The summed E-state index contributed by atoms with van der Waals surface area (Å²) in [6.07, 6.45) is 3.75. The molecule has 0 spiro atoms. The number of hydrogen-bond donors (Lipinski definition) is 1. The highest BCUT2D eigenvalue weighted by Gasteiger charge is 2.34. The predicted octanol–water partition coefficient (Wildman–Crippen LogP) is 0.445. The minimum Gasteiger partial charge on any atom is -0.352 e. The standard InChI is InChI=1S/C20H30N4O5S2/c1-16(20(25)21-17-4-5-17)22-12-14-24(15-13-22)31(28,29)19-8-6-18(7-9-19)30(26,27)23-10-2-3-11-23/h6-9,16-17H,2-5,10-15H2,1H3,(H,21,25). The third kappa shape index (κ3) is 4.80. The van der Waals surface area contributed by atoms with E-state index in [0.717, 1.165) is 25.7 Å². The number of carbonyl (C=O) groups is 1. The van der Waals surface area contributed by atoms with Gasteiger partial charge in [-0.3, -0.25) is 9.69 Å². The third-order valence-corrected chi connectivity index (χ3v) is 10.1. The molecule has 4 rings (SSSR count). The predicted molar refractivity (Wildman–Crippen MR) is 115 cm³/mol. The Morgan fingerprint density at radius 2 is 1.29 bits per heavy atom. The average molecular weight is 471 g/mol. The van der Waals surface area contributed by atoms with Gasteiger partial charge in [-0.15, -0.1) is 0 Å². The van der Waals surface area contributed by atoms with Crippen molar-refractivity contribution in [1.82, 2.24) is 18.8 Å². The van der Waals surface area contributed by atoms with Crippen molar-refractivity contribution in [3.05, 3.63) is 24.3 Å². The molecule has 1 saturated carbocycles. The lowest BCUT2D eigenvalue weighted by Crippen LogP contribution is -2.55. The van der Waals surface area contributed by atoms with Crippen molar-refractivity contribution in [1.29, 1.82) is 0 Å². The van der Waals surface area contributed by atoms with E-state index in [1.807, 2.05) is 11.8 Å². The molecule has 3 aliphatic rings. The van der Waals surface area contributed by atoms with Crippen LogP contribution in [-0.2, 0) is 24.8 Å². The van der Waals surface area contributed by atoms with Gasteiger partial charge in [0.15, 0.2) is 0 Å². The Labute approximate surface area is 184 Å². The molecule has 2 heterocycles. The maximum Gasteiger partial charge on any atom is 0.243 e. The minimum absolute atomic E-state index is 0.00592. The molecule has 172 valence electrons. The van der Waals surface area contributed by atoms with E-state index in [1.165, 1.54) is 32.9 Å². The molecule has 2 aliphatic heterocycles. The van der Waals surface area contributed by atoms with Gasteiger partial charge in [-0.25, -0.2) is 16.8 Å². The van der Waals surface area contributed by atoms with Crippen LogP contribution in [0.2, 0.25) is 0 Å². The molecular formula is C20H30N4O5S2. The van der Waals surface area contributed by atoms with Gasteiger partial charge in [0.1, 0.15) is 0 Å². The Morgan fingerprint density at radius 1 is 0.839 bits per heavy atom. The summed E-state index contributed by atoms with van der Waals surface area (Å²) in [5.74, 6) is -0.00592. The van der Waals surface area contributed by atoms with E-state index in [2.05, 4.69) is 5.32 Å². The van der Waals surface area contributed by atoms with Crippen LogP contribution in [0.5, 0.6) is 0 Å². The molecule has 9 nitrogen and oxygen atoms in total. The van der Waals surface area contributed by atoms with Gasteiger partial charge in [0.25, 0.3) is 0 Å². The molecule has 31 heavy (non-hydrogen) atoms. The second-order valence-corrected chi connectivity index (χ2v) is 12.4. The molecule has 2 saturated heterocycles. The Kier molecular flexibility index (Phi) is 6.42. The van der Waals surface area contributed by atoms with E-state index in [1.54, 1.807) is 0 Å². The fourth-order valence-electron chi connectivity index (χ4n) is 4.06. The van der Waals surface area contributed by atoms with Crippen LogP contribution >= 0.6 is 0 Å². The first-order valence-corrected chi connectivity index (χ1v) is 13.7. The molecule has 3 fully saturated rings. The largest absolute Gasteiger partial charge is 0.352 e. The quantitative estimate of drug-likeness (QED) is 0.620. The van der Waals surface area contributed by atoms with Crippen LogP contribution in [0.4, 0.5) is 0 Å². The fraction of sp³-hybridized carbons (Fsp3) is 0.650. The summed E-state index contributed by atoms with van der Waals surface area (Å²) >= 11 is 0. The average Bonchev–Trinajstić information content (AvgIpc) is 3.40. The Bertz CT molecular complexity index is 1010. The molecular weight excluding hydrogens is 440 g/mol. The van der Waals surface area contributed by atoms with Gasteiger partial charge >= 0.3 is 0 Å². The first-order valence-electron chi connectivity index (χ1n) is 10.8. The molecule has 1 unspecified atom stereocenters. The van der Waals surface area contributed by atoms with Crippen molar-refractivity contribution in [3.8, 4) is 0 Å². The first-order chi connectivity index (χ1) is 14.7. The maximum absolute atomic E-state index is 13.0. The van der Waals surface area contributed by atoms with Crippen LogP contribution < -0.4 is 5.32 Å². The topological polar surface area (TPSA) is 107 Å². The lowest BCUT2D eigenvalue weighted by molar-refractivity contribution is -0.126. The summed E-state index contributed by atoms with van der Waals surface area (Å²) in [5.41, 5.74) is 0. The van der Waals surface area contributed by atoms with Crippen molar-refractivity contribution in [2.75, 3.05) is 39.3 Å². The smallest absolute Gasteiger partial charge is 0.243 e. The highest BCUT2D eigenvalue weighted by Crippen LogP contribution is 2.24. The van der Waals surface area contributed by atoms with Crippen LogP contribution in [0.15, 0.2) is 34.1 Å². The Balaban J connectivity index is 1.39. The molecule has 1 aromatic rings. The Morgan fingerprint density at radius 3 is 1.74 bits per heavy atom. The van der Waals surface area contributed by atoms with Crippen LogP contribution in [0.3, 0.4) is 0 Å². The molecule has 1 aromatic carbocycles. The number of carbonyl (C=O) groups excluding carboxylic acids is 1. The molecule has 1 N–H and O–H groups in total. The number of nitrogens with zero attached hydrogens (tertiary/aromatic N) is 3. The lowest BCUT2D eigenvalue weighted by atomic mass is 10.2. The fourth-order valence-corrected chi connectivity index (χ4v) is 7.00. The van der Waals surface area contributed by atoms with Gasteiger partial charge in [-0.1, -0.05) is 0 Å². The zero-order chi connectivity index (χ0) is 22.2. The number of sulfonamides is 2. The molecule has 0 radical (unpaired) electrons. The number of hydrogen-bond acceptors (Lipinski definition) is 6. The number of rotatable bonds is 7. The Hall–Kier alpha value is -1.53. The van der Waals surface area contributed by atoms with E-state index in [9.17, 15) is 21.6 Å². The molecule has 11 heteroatoms. The molecule has 0 aromatic heterocycles. The van der Waals surface area contributed by atoms with Crippen LogP contribution in [0.25, 0.3) is 0 Å². The van der Waals surface area contributed by atoms with Crippen LogP contribution in [-0.4, -0.2) is 87.6 Å². The molecule has 0 bridgehead atoms. The summed E-state index contributed by atoms with van der Waals surface area (Å²) in [7, 11) is -7.30. The number of benzene rings is 1. The highest BCUT2D eigenvalue weighted by molar-refractivity contribution is 7.89.